The van der Waals surface area contributed by atoms with Crippen molar-refractivity contribution in [2.24, 2.45) is 10.9 Å². The van der Waals surface area contributed by atoms with Crippen LogP contribution in [0.3, 0.4) is 0 Å². The van der Waals surface area contributed by atoms with Crippen molar-refractivity contribution in [1.82, 2.24) is 20.4 Å². The maximum atomic E-state index is 11.9. The lowest BCUT2D eigenvalue weighted by Gasteiger charge is -2.34. The standard InChI is InChI=1S/C23H35N5O2/c1-3-25-23(27-12-9-18(10-13-27)15-21(29)24-2)26-16-19-6-4-7-20(14-19)17-28-11-5-8-22(28)30/h4,6-7,14,18H,3,5,8-13,15-17H2,1-2H3,(H,24,29)(H,25,26). The zero-order valence-corrected chi connectivity index (χ0v) is 18.3. The first-order chi connectivity index (χ1) is 14.6. The van der Waals surface area contributed by atoms with Crippen LogP contribution in [0.1, 0.15) is 50.2 Å². The van der Waals surface area contributed by atoms with Gasteiger partial charge in [0.15, 0.2) is 5.96 Å². The van der Waals surface area contributed by atoms with E-state index in [0.29, 0.717) is 31.8 Å². The van der Waals surface area contributed by atoms with Crippen molar-refractivity contribution in [3.05, 3.63) is 35.4 Å². The average Bonchev–Trinajstić information content (AvgIpc) is 3.16. The number of amides is 2. The van der Waals surface area contributed by atoms with Gasteiger partial charge < -0.3 is 20.4 Å². The van der Waals surface area contributed by atoms with Crippen LogP contribution in [0.4, 0.5) is 0 Å². The van der Waals surface area contributed by atoms with Crippen molar-refractivity contribution in [1.29, 1.82) is 0 Å². The van der Waals surface area contributed by atoms with Crippen LogP contribution in [0.5, 0.6) is 0 Å². The number of aliphatic imine (C=N–C) groups is 1. The predicted octanol–water partition coefficient (Wildman–Crippen LogP) is 2.12. The molecule has 0 atom stereocenters. The molecule has 0 radical (unpaired) electrons. The Balaban J connectivity index is 1.57. The SMILES string of the molecule is CCNC(=NCc1cccc(CN2CCCC2=O)c1)N1CCC(CC(=O)NC)CC1. The topological polar surface area (TPSA) is 77.0 Å². The van der Waals surface area contributed by atoms with Crippen molar-refractivity contribution >= 4 is 17.8 Å². The Labute approximate surface area is 179 Å². The van der Waals surface area contributed by atoms with E-state index in [1.807, 2.05) is 4.90 Å². The Bertz CT molecular complexity index is 756. The smallest absolute Gasteiger partial charge is 0.222 e. The van der Waals surface area contributed by atoms with Gasteiger partial charge in [0.05, 0.1) is 6.54 Å². The van der Waals surface area contributed by atoms with Gasteiger partial charge >= 0.3 is 0 Å². The minimum Gasteiger partial charge on any atom is -0.359 e. The zero-order chi connectivity index (χ0) is 21.3. The fourth-order valence-corrected chi connectivity index (χ4v) is 4.22. The van der Waals surface area contributed by atoms with Crippen molar-refractivity contribution in [3.8, 4) is 0 Å². The molecule has 1 aromatic rings. The Morgan fingerprint density at radius 2 is 1.97 bits per heavy atom. The summed E-state index contributed by atoms with van der Waals surface area (Å²) in [5.74, 6) is 1.78. The van der Waals surface area contributed by atoms with Gasteiger partial charge in [0, 0.05) is 52.6 Å². The third-order valence-corrected chi connectivity index (χ3v) is 5.95. The molecule has 2 saturated heterocycles. The first kappa shape index (κ1) is 22.1. The van der Waals surface area contributed by atoms with Crippen LogP contribution in [0.15, 0.2) is 29.3 Å². The van der Waals surface area contributed by atoms with Crippen LogP contribution in [0, 0.1) is 5.92 Å². The lowest BCUT2D eigenvalue weighted by Crippen LogP contribution is -2.46. The minimum absolute atomic E-state index is 0.129. The lowest BCUT2D eigenvalue weighted by molar-refractivity contribution is -0.128. The van der Waals surface area contributed by atoms with Gasteiger partial charge in [-0.2, -0.15) is 0 Å². The second-order valence-electron chi connectivity index (χ2n) is 8.22. The third-order valence-electron chi connectivity index (χ3n) is 5.95. The second kappa shape index (κ2) is 11.0. The van der Waals surface area contributed by atoms with Gasteiger partial charge in [0.25, 0.3) is 0 Å². The van der Waals surface area contributed by atoms with Crippen LogP contribution in [0.25, 0.3) is 0 Å². The van der Waals surface area contributed by atoms with E-state index in [2.05, 4.69) is 46.7 Å². The molecular weight excluding hydrogens is 378 g/mol. The fraction of sp³-hybridized carbons (Fsp3) is 0.609. The summed E-state index contributed by atoms with van der Waals surface area (Å²) in [4.78, 5) is 32.6. The monoisotopic (exact) mass is 413 g/mol. The summed E-state index contributed by atoms with van der Waals surface area (Å²) in [6.07, 6.45) is 4.28. The molecule has 2 amide bonds. The Hall–Kier alpha value is -2.57. The van der Waals surface area contributed by atoms with Crippen molar-refractivity contribution in [3.63, 3.8) is 0 Å². The number of guanidine groups is 1. The summed E-state index contributed by atoms with van der Waals surface area (Å²) in [5, 5.41) is 6.14. The number of nitrogens with one attached hydrogen (secondary N) is 2. The summed E-state index contributed by atoms with van der Waals surface area (Å²) >= 11 is 0. The highest BCUT2D eigenvalue weighted by atomic mass is 16.2. The number of nitrogens with zero attached hydrogens (tertiary/aromatic N) is 3. The second-order valence-corrected chi connectivity index (χ2v) is 8.22. The molecule has 2 aliphatic heterocycles. The molecule has 2 fully saturated rings. The van der Waals surface area contributed by atoms with Gasteiger partial charge in [-0.3, -0.25) is 9.59 Å². The first-order valence-corrected chi connectivity index (χ1v) is 11.2. The number of hydrogen-bond donors (Lipinski definition) is 2. The molecule has 164 valence electrons. The van der Waals surface area contributed by atoms with Gasteiger partial charge in [-0.1, -0.05) is 24.3 Å². The molecule has 30 heavy (non-hydrogen) atoms. The maximum absolute atomic E-state index is 11.9. The van der Waals surface area contributed by atoms with Crippen LogP contribution in [0.2, 0.25) is 0 Å². The molecule has 0 unspecified atom stereocenters. The number of likely N-dealkylation sites (tertiary alicyclic amines) is 2. The Morgan fingerprint density at radius 1 is 1.20 bits per heavy atom. The summed E-state index contributed by atoms with van der Waals surface area (Å²) in [5.41, 5.74) is 2.32. The average molecular weight is 414 g/mol. The largest absolute Gasteiger partial charge is 0.359 e. The summed E-state index contributed by atoms with van der Waals surface area (Å²) in [7, 11) is 1.70. The van der Waals surface area contributed by atoms with E-state index >= 15 is 0 Å². The molecule has 0 saturated carbocycles. The van der Waals surface area contributed by atoms with Crippen LogP contribution >= 0.6 is 0 Å². The van der Waals surface area contributed by atoms with E-state index in [9.17, 15) is 9.59 Å². The Kier molecular flexibility index (Phi) is 8.11. The molecular formula is C23H35N5O2. The van der Waals surface area contributed by atoms with E-state index < -0.39 is 0 Å². The minimum atomic E-state index is 0.129. The van der Waals surface area contributed by atoms with Gasteiger partial charge in [0.1, 0.15) is 0 Å². The molecule has 7 heteroatoms. The molecule has 2 N–H and O–H groups in total. The molecule has 0 bridgehead atoms. The Morgan fingerprint density at radius 3 is 2.63 bits per heavy atom. The molecule has 0 aliphatic carbocycles. The third kappa shape index (κ3) is 6.21. The van der Waals surface area contributed by atoms with Gasteiger partial charge in [-0.15, -0.1) is 0 Å². The highest BCUT2D eigenvalue weighted by molar-refractivity contribution is 5.80. The summed E-state index contributed by atoms with van der Waals surface area (Å²) in [6, 6.07) is 8.39. The fourth-order valence-electron chi connectivity index (χ4n) is 4.22. The van der Waals surface area contributed by atoms with Crippen molar-refractivity contribution in [2.75, 3.05) is 33.2 Å². The molecule has 3 rings (SSSR count). The van der Waals surface area contributed by atoms with Crippen LogP contribution < -0.4 is 10.6 Å². The highest BCUT2D eigenvalue weighted by Crippen LogP contribution is 2.21. The summed E-state index contributed by atoms with van der Waals surface area (Å²) < 4.78 is 0. The quantitative estimate of drug-likeness (QED) is 0.530. The zero-order valence-electron chi connectivity index (χ0n) is 18.3. The van der Waals surface area contributed by atoms with E-state index in [1.54, 1.807) is 7.05 Å². The molecule has 1 aromatic carbocycles. The molecule has 0 aromatic heterocycles. The van der Waals surface area contributed by atoms with E-state index in [0.717, 1.165) is 62.5 Å². The van der Waals surface area contributed by atoms with Gasteiger partial charge in [-0.25, -0.2) is 4.99 Å². The molecule has 2 aliphatic rings. The first-order valence-electron chi connectivity index (χ1n) is 11.2. The normalized spacial score (nSPS) is 18.1. The molecule has 0 spiro atoms. The number of carbonyl (C=O) groups excluding carboxylic acids is 2. The number of hydrogen-bond acceptors (Lipinski definition) is 3. The lowest BCUT2D eigenvalue weighted by atomic mass is 9.93. The maximum Gasteiger partial charge on any atom is 0.222 e. The van der Waals surface area contributed by atoms with E-state index in [1.165, 1.54) is 0 Å². The number of rotatable bonds is 7. The molecule has 7 nitrogen and oxygen atoms in total. The molecule has 2 heterocycles. The highest BCUT2D eigenvalue weighted by Gasteiger charge is 2.23. The number of piperidine rings is 1. The predicted molar refractivity (Wildman–Crippen MR) is 119 cm³/mol. The summed E-state index contributed by atoms with van der Waals surface area (Å²) in [6.45, 7) is 6.92. The number of carbonyl (C=O) groups is 2. The van der Waals surface area contributed by atoms with Crippen LogP contribution in [-0.4, -0.2) is 60.8 Å². The van der Waals surface area contributed by atoms with E-state index in [-0.39, 0.29) is 11.8 Å². The van der Waals surface area contributed by atoms with E-state index in [4.69, 9.17) is 4.99 Å². The van der Waals surface area contributed by atoms with Crippen molar-refractivity contribution < 1.29 is 9.59 Å². The van der Waals surface area contributed by atoms with Crippen molar-refractivity contribution in [2.45, 2.75) is 52.1 Å². The number of benzene rings is 1. The van der Waals surface area contributed by atoms with Gasteiger partial charge in [0.2, 0.25) is 11.8 Å². The van der Waals surface area contributed by atoms with Gasteiger partial charge in [-0.05, 0) is 43.2 Å². The van der Waals surface area contributed by atoms with Crippen LogP contribution in [-0.2, 0) is 22.7 Å².